The number of hydrogen-bond donors (Lipinski definition) is 3. The van der Waals surface area contributed by atoms with E-state index in [1.807, 2.05) is 19.1 Å². The lowest BCUT2D eigenvalue weighted by atomic mass is 10.1. The number of carboxylic acid groups (broad SMARTS) is 1. The molecule has 1 atom stereocenters. The van der Waals surface area contributed by atoms with Crippen molar-refractivity contribution < 1.29 is 20.1 Å². The second kappa shape index (κ2) is 17.5. The van der Waals surface area contributed by atoms with Crippen molar-refractivity contribution in [2.75, 3.05) is 0 Å². The van der Waals surface area contributed by atoms with Crippen molar-refractivity contribution in [1.29, 1.82) is 0 Å². The van der Waals surface area contributed by atoms with Crippen molar-refractivity contribution in [2.45, 2.75) is 58.0 Å². The smallest absolute Gasteiger partial charge is 0.328 e. The van der Waals surface area contributed by atoms with Gasteiger partial charge in [0.25, 0.3) is 0 Å². The van der Waals surface area contributed by atoms with Crippen molar-refractivity contribution in [1.82, 2.24) is 0 Å². The molecule has 0 spiro atoms. The monoisotopic (exact) mass is 360 g/mol. The standard InChI is InChI=1S/C22H32O4/c1-2-20(23)16-12-8-4-3-5-9-13-17-21(24)18-14-10-6-7-11-15-19-22(25)26/h6-7,9-11,13-15,17-20,23-24H,2-5,8,12,16H2,1H3,(H,25,26)/b10-6+,11-7+,13-9+,18-14+,19-15+,21-17-. The number of rotatable bonds is 14. The maximum absolute atomic E-state index is 10.2. The lowest BCUT2D eigenvalue weighted by Gasteiger charge is -2.06. The summed E-state index contributed by atoms with van der Waals surface area (Å²) in [4.78, 5) is 10.2. The summed E-state index contributed by atoms with van der Waals surface area (Å²) in [6, 6.07) is 0. The second-order valence-corrected chi connectivity index (χ2v) is 5.90. The molecule has 0 bridgehead atoms. The molecule has 0 saturated heterocycles. The van der Waals surface area contributed by atoms with Gasteiger partial charge in [0.05, 0.1) is 6.10 Å². The van der Waals surface area contributed by atoms with Crippen LogP contribution in [0.4, 0.5) is 0 Å². The fourth-order valence-corrected chi connectivity index (χ4v) is 2.07. The first kappa shape index (κ1) is 23.7. The number of aliphatic hydroxyl groups is 2. The predicted octanol–water partition coefficient (Wildman–Crippen LogP) is 5.41. The first-order valence-corrected chi connectivity index (χ1v) is 9.21. The van der Waals surface area contributed by atoms with Crippen molar-refractivity contribution in [3.63, 3.8) is 0 Å². The zero-order valence-corrected chi connectivity index (χ0v) is 15.6. The minimum atomic E-state index is -0.978. The van der Waals surface area contributed by atoms with Gasteiger partial charge < -0.3 is 15.3 Å². The topological polar surface area (TPSA) is 77.8 Å². The highest BCUT2D eigenvalue weighted by molar-refractivity contribution is 5.80. The van der Waals surface area contributed by atoms with Gasteiger partial charge in [0.2, 0.25) is 0 Å². The van der Waals surface area contributed by atoms with Crippen LogP contribution in [0, 0.1) is 0 Å². The molecule has 144 valence electrons. The molecule has 3 N–H and O–H groups in total. The first-order chi connectivity index (χ1) is 12.6. The molecule has 0 aromatic carbocycles. The Labute approximate surface area is 157 Å². The average molecular weight is 360 g/mol. The van der Waals surface area contributed by atoms with E-state index in [2.05, 4.69) is 0 Å². The van der Waals surface area contributed by atoms with Crippen LogP contribution in [0.3, 0.4) is 0 Å². The van der Waals surface area contributed by atoms with E-state index in [4.69, 9.17) is 5.11 Å². The van der Waals surface area contributed by atoms with Gasteiger partial charge in [-0.15, -0.1) is 0 Å². The van der Waals surface area contributed by atoms with Gasteiger partial charge in [-0.25, -0.2) is 4.79 Å². The Morgan fingerprint density at radius 2 is 1.46 bits per heavy atom. The molecule has 0 aromatic heterocycles. The molecule has 0 radical (unpaired) electrons. The van der Waals surface area contributed by atoms with Gasteiger partial charge in [-0.1, -0.05) is 74.8 Å². The summed E-state index contributed by atoms with van der Waals surface area (Å²) < 4.78 is 0. The maximum atomic E-state index is 10.2. The van der Waals surface area contributed by atoms with Crippen LogP contribution in [0.5, 0.6) is 0 Å². The number of carboxylic acids is 1. The van der Waals surface area contributed by atoms with Crippen molar-refractivity contribution in [3.8, 4) is 0 Å². The van der Waals surface area contributed by atoms with Gasteiger partial charge in [0.1, 0.15) is 5.76 Å². The van der Waals surface area contributed by atoms with E-state index in [0.717, 1.165) is 51.0 Å². The SMILES string of the molecule is CCC(O)CCCCCC/C=C/C=C(O)/C=C/C=C/C=C/C=C/C(=O)O. The lowest BCUT2D eigenvalue weighted by molar-refractivity contribution is -0.131. The summed E-state index contributed by atoms with van der Waals surface area (Å²) in [7, 11) is 0. The molecule has 26 heavy (non-hydrogen) atoms. The van der Waals surface area contributed by atoms with Crippen LogP contribution in [-0.4, -0.2) is 27.4 Å². The highest BCUT2D eigenvalue weighted by Crippen LogP contribution is 2.09. The molecule has 4 nitrogen and oxygen atoms in total. The molecule has 0 aromatic rings. The summed E-state index contributed by atoms with van der Waals surface area (Å²) in [5.41, 5.74) is 0. The summed E-state index contributed by atoms with van der Waals surface area (Å²) in [6.45, 7) is 2.00. The zero-order chi connectivity index (χ0) is 19.5. The number of hydrogen-bond acceptors (Lipinski definition) is 3. The number of aliphatic carboxylic acids is 1. The minimum Gasteiger partial charge on any atom is -0.508 e. The summed E-state index contributed by atoms with van der Waals surface area (Å²) in [6.07, 6.45) is 25.2. The van der Waals surface area contributed by atoms with E-state index < -0.39 is 5.97 Å². The molecule has 0 aliphatic carbocycles. The van der Waals surface area contributed by atoms with E-state index in [1.54, 1.807) is 42.5 Å². The number of unbranched alkanes of at least 4 members (excludes halogenated alkanes) is 4. The summed E-state index contributed by atoms with van der Waals surface area (Å²) >= 11 is 0. The van der Waals surface area contributed by atoms with E-state index in [-0.39, 0.29) is 11.9 Å². The van der Waals surface area contributed by atoms with Crippen LogP contribution in [0.1, 0.15) is 51.9 Å². The molecular weight excluding hydrogens is 328 g/mol. The molecule has 1 unspecified atom stereocenters. The van der Waals surface area contributed by atoms with E-state index in [0.29, 0.717) is 0 Å². The number of allylic oxidation sites excluding steroid dienone is 10. The fraction of sp³-hybridized carbons (Fsp3) is 0.409. The number of carbonyl (C=O) groups is 1. The average Bonchev–Trinajstić information content (AvgIpc) is 2.61. The predicted molar refractivity (Wildman–Crippen MR) is 108 cm³/mol. The van der Waals surface area contributed by atoms with Crippen LogP contribution in [0.2, 0.25) is 0 Å². The van der Waals surface area contributed by atoms with E-state index in [1.165, 1.54) is 6.08 Å². The molecule has 4 heteroatoms. The zero-order valence-electron chi connectivity index (χ0n) is 15.6. The molecule has 0 saturated carbocycles. The summed E-state index contributed by atoms with van der Waals surface area (Å²) in [5, 5.41) is 27.5. The maximum Gasteiger partial charge on any atom is 0.328 e. The van der Waals surface area contributed by atoms with E-state index in [9.17, 15) is 15.0 Å². The third-order valence-electron chi connectivity index (χ3n) is 3.59. The third kappa shape index (κ3) is 18.0. The van der Waals surface area contributed by atoms with E-state index >= 15 is 0 Å². The Kier molecular flexibility index (Phi) is 15.9. The van der Waals surface area contributed by atoms with Crippen LogP contribution in [0.15, 0.2) is 72.6 Å². The Morgan fingerprint density at radius 1 is 0.846 bits per heavy atom. The Hall–Kier alpha value is -2.33. The molecular formula is C22H32O4. The highest BCUT2D eigenvalue weighted by atomic mass is 16.4. The Morgan fingerprint density at radius 3 is 2.12 bits per heavy atom. The first-order valence-electron chi connectivity index (χ1n) is 9.21. The largest absolute Gasteiger partial charge is 0.508 e. The van der Waals surface area contributed by atoms with Gasteiger partial charge in [0.15, 0.2) is 0 Å². The Bertz CT molecular complexity index is 536. The van der Waals surface area contributed by atoms with Crippen molar-refractivity contribution in [3.05, 3.63) is 72.6 Å². The molecule has 0 amide bonds. The van der Waals surface area contributed by atoms with Crippen LogP contribution < -0.4 is 0 Å². The minimum absolute atomic E-state index is 0.143. The molecule has 0 rings (SSSR count). The van der Waals surface area contributed by atoms with Crippen LogP contribution in [-0.2, 0) is 4.79 Å². The fourth-order valence-electron chi connectivity index (χ4n) is 2.07. The van der Waals surface area contributed by atoms with Crippen molar-refractivity contribution in [2.24, 2.45) is 0 Å². The van der Waals surface area contributed by atoms with Gasteiger partial charge in [-0.05, 0) is 37.8 Å². The lowest BCUT2D eigenvalue weighted by Crippen LogP contribution is -2.03. The number of aliphatic hydroxyl groups excluding tert-OH is 2. The Balaban J connectivity index is 3.82. The molecule has 0 heterocycles. The highest BCUT2D eigenvalue weighted by Gasteiger charge is 1.98. The van der Waals surface area contributed by atoms with Gasteiger partial charge >= 0.3 is 5.97 Å². The molecule has 0 fully saturated rings. The second-order valence-electron chi connectivity index (χ2n) is 5.90. The van der Waals surface area contributed by atoms with Crippen LogP contribution in [0.25, 0.3) is 0 Å². The van der Waals surface area contributed by atoms with Gasteiger partial charge in [-0.2, -0.15) is 0 Å². The molecule has 0 aliphatic heterocycles. The third-order valence-corrected chi connectivity index (χ3v) is 3.59. The molecule has 0 aliphatic rings. The van der Waals surface area contributed by atoms with Gasteiger partial charge in [0, 0.05) is 6.08 Å². The van der Waals surface area contributed by atoms with Gasteiger partial charge in [-0.3, -0.25) is 0 Å². The van der Waals surface area contributed by atoms with Crippen LogP contribution >= 0.6 is 0 Å². The summed E-state index contributed by atoms with van der Waals surface area (Å²) in [5.74, 6) is -0.803. The quantitative estimate of drug-likeness (QED) is 0.168. The normalized spacial score (nSPS) is 14.6. The van der Waals surface area contributed by atoms with Crippen molar-refractivity contribution >= 4 is 5.97 Å².